The minimum Gasteiger partial charge on any atom is -0.463 e. The van der Waals surface area contributed by atoms with Crippen LogP contribution < -0.4 is 0 Å². The number of carbonyl (C=O) groups is 1. The Bertz CT molecular complexity index is 247. The summed E-state index contributed by atoms with van der Waals surface area (Å²) in [5.74, 6) is -0.861. The average molecular weight is 216 g/mol. The fourth-order valence-corrected chi connectivity index (χ4v) is 1.90. The molecule has 0 aliphatic carbocycles. The van der Waals surface area contributed by atoms with E-state index in [1.165, 1.54) is 6.92 Å². The molecular weight excluding hydrogens is 200 g/mol. The van der Waals surface area contributed by atoms with Crippen molar-refractivity contribution in [1.29, 1.82) is 0 Å². The normalized spacial score (nSPS) is 37.7. The molecule has 0 radical (unpaired) electrons. The van der Waals surface area contributed by atoms with Gasteiger partial charge in [-0.2, -0.15) is 0 Å². The molecule has 2 aliphatic heterocycles. The number of hydrogen-bond acceptors (Lipinski definition) is 5. The van der Waals surface area contributed by atoms with Crippen molar-refractivity contribution in [3.05, 3.63) is 0 Å². The molecule has 2 rings (SSSR count). The molecule has 0 aromatic carbocycles. The molecule has 5 nitrogen and oxygen atoms in total. The van der Waals surface area contributed by atoms with E-state index in [-0.39, 0.29) is 31.1 Å². The van der Waals surface area contributed by atoms with E-state index in [0.717, 1.165) is 0 Å². The second-order valence-corrected chi connectivity index (χ2v) is 4.34. The Kier molecular flexibility index (Phi) is 2.70. The number of ether oxygens (including phenoxy) is 4. The van der Waals surface area contributed by atoms with Crippen molar-refractivity contribution >= 4 is 5.97 Å². The van der Waals surface area contributed by atoms with Crippen LogP contribution in [-0.4, -0.2) is 36.9 Å². The summed E-state index contributed by atoms with van der Waals surface area (Å²) in [5, 5.41) is 0. The van der Waals surface area contributed by atoms with Gasteiger partial charge in [0.25, 0.3) is 0 Å². The van der Waals surface area contributed by atoms with Crippen LogP contribution in [0, 0.1) is 0 Å². The lowest BCUT2D eigenvalue weighted by Gasteiger charge is -2.20. The summed E-state index contributed by atoms with van der Waals surface area (Å²) in [5.41, 5.74) is 0. The highest BCUT2D eigenvalue weighted by atomic mass is 16.8. The first-order valence-corrected chi connectivity index (χ1v) is 5.11. The van der Waals surface area contributed by atoms with Crippen LogP contribution in [0.1, 0.15) is 27.2 Å². The van der Waals surface area contributed by atoms with Gasteiger partial charge in [0.05, 0.1) is 6.10 Å². The van der Waals surface area contributed by atoms with Gasteiger partial charge in [-0.15, -0.1) is 0 Å². The Hall–Kier alpha value is -0.650. The highest BCUT2D eigenvalue weighted by Gasteiger charge is 2.48. The maximum atomic E-state index is 10.6. The van der Waals surface area contributed by atoms with Gasteiger partial charge in [-0.25, -0.2) is 0 Å². The number of fused-ring (bicyclic) bond motifs is 1. The van der Waals surface area contributed by atoms with Gasteiger partial charge in [-0.3, -0.25) is 4.79 Å². The average Bonchev–Trinajstić information content (AvgIpc) is 2.53. The van der Waals surface area contributed by atoms with Crippen molar-refractivity contribution in [3.8, 4) is 0 Å². The zero-order chi connectivity index (χ0) is 11.1. The van der Waals surface area contributed by atoms with Crippen molar-refractivity contribution in [1.82, 2.24) is 0 Å². The largest absolute Gasteiger partial charge is 0.463 e. The summed E-state index contributed by atoms with van der Waals surface area (Å²) in [4.78, 5) is 10.6. The molecule has 0 saturated carbocycles. The molecule has 2 heterocycles. The lowest BCUT2D eigenvalue weighted by atomic mass is 10.2. The summed E-state index contributed by atoms with van der Waals surface area (Å²) >= 11 is 0. The van der Waals surface area contributed by atoms with E-state index in [9.17, 15) is 4.79 Å². The molecule has 86 valence electrons. The topological polar surface area (TPSA) is 54.0 Å². The molecule has 5 heteroatoms. The monoisotopic (exact) mass is 216 g/mol. The van der Waals surface area contributed by atoms with Crippen molar-refractivity contribution in [3.63, 3.8) is 0 Å². The third-order valence-electron chi connectivity index (χ3n) is 2.43. The van der Waals surface area contributed by atoms with E-state index in [4.69, 9.17) is 18.9 Å². The van der Waals surface area contributed by atoms with Crippen molar-refractivity contribution in [2.75, 3.05) is 6.61 Å². The maximum absolute atomic E-state index is 10.6. The number of hydrogen-bond donors (Lipinski definition) is 0. The quantitative estimate of drug-likeness (QED) is 0.639. The number of rotatable bonds is 2. The molecule has 1 unspecified atom stereocenters. The van der Waals surface area contributed by atoms with Crippen LogP contribution in [0.4, 0.5) is 0 Å². The van der Waals surface area contributed by atoms with Gasteiger partial charge in [0, 0.05) is 13.3 Å². The number of carbonyl (C=O) groups excluding carboxylic acids is 1. The van der Waals surface area contributed by atoms with Gasteiger partial charge in [0.1, 0.15) is 12.7 Å². The van der Waals surface area contributed by atoms with E-state index in [0.29, 0.717) is 6.42 Å². The second kappa shape index (κ2) is 3.73. The standard InChI is InChI=1S/C10H16O5/c1-6(11)12-5-7-4-8-9(13-7)15-10(2,3)14-8/h7-9H,4-5H2,1-3H3/t7?,8-,9-/m1/s1. The molecule has 2 saturated heterocycles. The Morgan fingerprint density at radius 2 is 2.20 bits per heavy atom. The zero-order valence-corrected chi connectivity index (χ0v) is 9.19. The third-order valence-corrected chi connectivity index (χ3v) is 2.43. The molecule has 0 bridgehead atoms. The molecule has 2 fully saturated rings. The van der Waals surface area contributed by atoms with Crippen LogP contribution >= 0.6 is 0 Å². The summed E-state index contributed by atoms with van der Waals surface area (Å²) in [6.07, 6.45) is 0.239. The Balaban J connectivity index is 1.81. The van der Waals surface area contributed by atoms with E-state index < -0.39 is 5.79 Å². The summed E-state index contributed by atoms with van der Waals surface area (Å²) < 4.78 is 21.6. The fourth-order valence-electron chi connectivity index (χ4n) is 1.90. The first-order chi connectivity index (χ1) is 6.96. The van der Waals surface area contributed by atoms with Crippen LogP contribution in [0.15, 0.2) is 0 Å². The maximum Gasteiger partial charge on any atom is 0.302 e. The molecule has 3 atom stereocenters. The predicted molar refractivity (Wildman–Crippen MR) is 49.9 cm³/mol. The molecule has 0 aromatic rings. The first-order valence-electron chi connectivity index (χ1n) is 5.11. The van der Waals surface area contributed by atoms with Gasteiger partial charge in [-0.05, 0) is 13.8 Å². The van der Waals surface area contributed by atoms with Gasteiger partial charge >= 0.3 is 5.97 Å². The third kappa shape index (κ3) is 2.48. The smallest absolute Gasteiger partial charge is 0.302 e. The number of esters is 1. The van der Waals surface area contributed by atoms with Gasteiger partial charge < -0.3 is 18.9 Å². The highest BCUT2D eigenvalue weighted by molar-refractivity contribution is 5.65. The van der Waals surface area contributed by atoms with E-state index in [2.05, 4.69) is 0 Å². The van der Waals surface area contributed by atoms with Crippen molar-refractivity contribution in [2.45, 2.75) is 51.5 Å². The minimum atomic E-state index is -0.568. The second-order valence-electron chi connectivity index (χ2n) is 4.34. The summed E-state index contributed by atoms with van der Waals surface area (Å²) in [7, 11) is 0. The molecule has 0 spiro atoms. The van der Waals surface area contributed by atoms with Crippen molar-refractivity contribution < 1.29 is 23.7 Å². The fraction of sp³-hybridized carbons (Fsp3) is 0.900. The van der Waals surface area contributed by atoms with Gasteiger partial charge in [0.15, 0.2) is 12.1 Å². The van der Waals surface area contributed by atoms with Crippen LogP contribution in [-0.2, 0) is 23.7 Å². The summed E-state index contributed by atoms with van der Waals surface area (Å²) in [6, 6.07) is 0. The van der Waals surface area contributed by atoms with E-state index in [1.54, 1.807) is 0 Å². The van der Waals surface area contributed by atoms with Crippen molar-refractivity contribution in [2.24, 2.45) is 0 Å². The van der Waals surface area contributed by atoms with Gasteiger partial charge in [0.2, 0.25) is 0 Å². The molecule has 0 N–H and O–H groups in total. The highest BCUT2D eigenvalue weighted by Crippen LogP contribution is 2.36. The first kappa shape index (κ1) is 10.9. The van der Waals surface area contributed by atoms with Crippen LogP contribution in [0.2, 0.25) is 0 Å². The van der Waals surface area contributed by atoms with E-state index >= 15 is 0 Å². The Morgan fingerprint density at radius 1 is 1.47 bits per heavy atom. The van der Waals surface area contributed by atoms with Gasteiger partial charge in [-0.1, -0.05) is 0 Å². The Labute approximate surface area is 88.6 Å². The van der Waals surface area contributed by atoms with Crippen LogP contribution in [0.5, 0.6) is 0 Å². The van der Waals surface area contributed by atoms with Crippen LogP contribution in [0.25, 0.3) is 0 Å². The Morgan fingerprint density at radius 3 is 2.80 bits per heavy atom. The zero-order valence-electron chi connectivity index (χ0n) is 9.19. The lowest BCUT2D eigenvalue weighted by molar-refractivity contribution is -0.209. The molecular formula is C10H16O5. The molecule has 15 heavy (non-hydrogen) atoms. The molecule has 2 aliphatic rings. The lowest BCUT2D eigenvalue weighted by Crippen LogP contribution is -2.26. The minimum absolute atomic E-state index is 0.0411. The molecule has 0 aromatic heterocycles. The van der Waals surface area contributed by atoms with E-state index in [1.807, 2.05) is 13.8 Å². The van der Waals surface area contributed by atoms with Crippen LogP contribution in [0.3, 0.4) is 0 Å². The predicted octanol–water partition coefficient (Wildman–Crippen LogP) is 0.816. The SMILES string of the molecule is CC(=O)OCC1C[C@H]2OC(C)(C)O[C@H]2O1. The molecule has 0 amide bonds. The summed E-state index contributed by atoms with van der Waals surface area (Å²) in [6.45, 7) is 5.37.